The minimum atomic E-state index is -0.385. The van der Waals surface area contributed by atoms with Gasteiger partial charge in [0.25, 0.3) is 0 Å². The molecule has 1 fully saturated rings. The zero-order valence-electron chi connectivity index (χ0n) is 13.1. The molecule has 1 N–H and O–H groups in total. The van der Waals surface area contributed by atoms with Gasteiger partial charge in [-0.1, -0.05) is 29.8 Å². The van der Waals surface area contributed by atoms with Crippen molar-refractivity contribution in [3.63, 3.8) is 0 Å². The molecule has 2 aromatic rings. The van der Waals surface area contributed by atoms with E-state index in [0.29, 0.717) is 17.3 Å². The van der Waals surface area contributed by atoms with Crippen molar-refractivity contribution in [1.29, 1.82) is 0 Å². The summed E-state index contributed by atoms with van der Waals surface area (Å²) in [5.74, 6) is -0.608. The van der Waals surface area contributed by atoms with Crippen molar-refractivity contribution in [3.8, 4) is 0 Å². The first-order chi connectivity index (χ1) is 11.5. The Hall–Kier alpha value is -1.85. The molecule has 1 atom stereocenters. The number of halogens is 2. The number of aryl methyl sites for hydroxylation is 1. The van der Waals surface area contributed by atoms with Crippen molar-refractivity contribution in [2.75, 3.05) is 16.8 Å². The fourth-order valence-corrected chi connectivity index (χ4v) is 3.24. The van der Waals surface area contributed by atoms with Crippen LogP contribution < -0.4 is 10.2 Å². The lowest BCUT2D eigenvalue weighted by Crippen LogP contribution is -2.28. The van der Waals surface area contributed by atoms with Crippen LogP contribution in [-0.4, -0.2) is 18.4 Å². The Morgan fingerprint density at radius 1 is 1.29 bits per heavy atom. The van der Waals surface area contributed by atoms with Crippen LogP contribution in [0.2, 0.25) is 5.02 Å². The van der Waals surface area contributed by atoms with Gasteiger partial charge < -0.3 is 10.2 Å². The molecule has 1 unspecified atom stereocenters. The molecular formula is C18H16BrClN2O2. The maximum Gasteiger partial charge on any atom is 0.229 e. The first-order valence-corrected chi connectivity index (χ1v) is 8.74. The van der Waals surface area contributed by atoms with Crippen LogP contribution in [0.3, 0.4) is 0 Å². The van der Waals surface area contributed by atoms with Gasteiger partial charge in [-0.05, 0) is 52.7 Å². The highest BCUT2D eigenvalue weighted by Gasteiger charge is 2.35. The summed E-state index contributed by atoms with van der Waals surface area (Å²) < 4.78 is 0.810. The summed E-state index contributed by atoms with van der Waals surface area (Å²) in [5, 5.41) is 3.49. The van der Waals surface area contributed by atoms with Gasteiger partial charge in [-0.3, -0.25) is 9.59 Å². The van der Waals surface area contributed by atoms with Crippen LogP contribution >= 0.6 is 27.5 Å². The van der Waals surface area contributed by atoms with Crippen LogP contribution in [0.1, 0.15) is 12.0 Å². The molecule has 0 aliphatic carbocycles. The molecule has 1 aliphatic heterocycles. The minimum Gasteiger partial charge on any atom is -0.325 e. The van der Waals surface area contributed by atoms with E-state index in [1.54, 1.807) is 11.0 Å². The molecule has 0 bridgehead atoms. The van der Waals surface area contributed by atoms with Crippen LogP contribution in [0.25, 0.3) is 0 Å². The fourth-order valence-electron chi connectivity index (χ4n) is 2.68. The van der Waals surface area contributed by atoms with E-state index in [1.165, 1.54) is 0 Å². The van der Waals surface area contributed by atoms with E-state index in [4.69, 9.17) is 11.6 Å². The van der Waals surface area contributed by atoms with Gasteiger partial charge in [0.15, 0.2) is 0 Å². The highest BCUT2D eigenvalue weighted by molar-refractivity contribution is 9.10. The summed E-state index contributed by atoms with van der Waals surface area (Å²) in [6.45, 7) is 2.26. The number of benzene rings is 2. The predicted molar refractivity (Wildman–Crippen MR) is 99.4 cm³/mol. The van der Waals surface area contributed by atoms with Gasteiger partial charge in [-0.15, -0.1) is 0 Å². The summed E-state index contributed by atoms with van der Waals surface area (Å²) in [6.07, 6.45) is 0.196. The topological polar surface area (TPSA) is 49.4 Å². The fraction of sp³-hybridized carbons (Fsp3) is 0.222. The maximum absolute atomic E-state index is 12.5. The van der Waals surface area contributed by atoms with E-state index in [0.717, 1.165) is 15.7 Å². The van der Waals surface area contributed by atoms with Crippen LogP contribution in [-0.2, 0) is 9.59 Å². The number of carbonyl (C=O) groups excluding carboxylic acids is 2. The molecule has 2 amide bonds. The smallest absolute Gasteiger partial charge is 0.229 e. The third-order valence-corrected chi connectivity index (χ3v) is 5.19. The number of nitrogens with one attached hydrogen (secondary N) is 1. The Kier molecular flexibility index (Phi) is 4.92. The van der Waals surface area contributed by atoms with E-state index in [-0.39, 0.29) is 24.2 Å². The number of nitrogens with zero attached hydrogens (tertiary/aromatic N) is 1. The van der Waals surface area contributed by atoms with Crippen LogP contribution in [0.15, 0.2) is 46.9 Å². The number of amides is 2. The molecule has 124 valence electrons. The first-order valence-electron chi connectivity index (χ1n) is 7.57. The van der Waals surface area contributed by atoms with E-state index < -0.39 is 0 Å². The third-order valence-electron chi connectivity index (χ3n) is 4.09. The molecule has 0 aromatic heterocycles. The second kappa shape index (κ2) is 6.95. The van der Waals surface area contributed by atoms with E-state index in [1.807, 2.05) is 43.3 Å². The Bertz CT molecular complexity index is 809. The Labute approximate surface area is 153 Å². The zero-order valence-corrected chi connectivity index (χ0v) is 15.4. The summed E-state index contributed by atoms with van der Waals surface area (Å²) in [4.78, 5) is 26.4. The Morgan fingerprint density at radius 3 is 2.75 bits per heavy atom. The second-order valence-corrected chi connectivity index (χ2v) is 7.07. The van der Waals surface area contributed by atoms with Crippen molar-refractivity contribution >= 4 is 50.7 Å². The number of hydrogen-bond acceptors (Lipinski definition) is 2. The van der Waals surface area contributed by atoms with Crippen LogP contribution in [0, 0.1) is 12.8 Å². The van der Waals surface area contributed by atoms with E-state index in [9.17, 15) is 9.59 Å². The van der Waals surface area contributed by atoms with Crippen molar-refractivity contribution in [2.45, 2.75) is 13.3 Å². The van der Waals surface area contributed by atoms with E-state index in [2.05, 4.69) is 21.2 Å². The van der Waals surface area contributed by atoms with Gasteiger partial charge in [0.05, 0.1) is 11.6 Å². The standard InChI is InChI=1S/C18H16BrClN2O2/c1-11-6-7-13(9-15(11)20)22-10-12(8-17(22)23)18(24)21-16-5-3-2-4-14(16)19/h2-7,9,12H,8,10H2,1H3,(H,21,24). The van der Waals surface area contributed by atoms with Crippen molar-refractivity contribution in [1.82, 2.24) is 0 Å². The van der Waals surface area contributed by atoms with Crippen molar-refractivity contribution in [2.24, 2.45) is 5.92 Å². The molecule has 6 heteroatoms. The van der Waals surface area contributed by atoms with Gasteiger partial charge in [-0.2, -0.15) is 0 Å². The summed E-state index contributed by atoms with van der Waals surface area (Å²) >= 11 is 9.54. The van der Waals surface area contributed by atoms with Crippen molar-refractivity contribution in [3.05, 3.63) is 57.5 Å². The molecular weight excluding hydrogens is 392 g/mol. The first kappa shape index (κ1) is 17.0. The van der Waals surface area contributed by atoms with Gasteiger partial charge in [-0.25, -0.2) is 0 Å². The third kappa shape index (κ3) is 3.47. The van der Waals surface area contributed by atoms with Gasteiger partial charge in [0, 0.05) is 28.1 Å². The van der Waals surface area contributed by atoms with Gasteiger partial charge >= 0.3 is 0 Å². The second-order valence-electron chi connectivity index (χ2n) is 5.81. The van der Waals surface area contributed by atoms with E-state index >= 15 is 0 Å². The molecule has 1 heterocycles. The molecule has 3 rings (SSSR count). The quantitative estimate of drug-likeness (QED) is 0.819. The number of carbonyl (C=O) groups is 2. The van der Waals surface area contributed by atoms with Crippen molar-refractivity contribution < 1.29 is 9.59 Å². The molecule has 0 saturated carbocycles. The van der Waals surface area contributed by atoms with Crippen LogP contribution in [0.4, 0.5) is 11.4 Å². The number of rotatable bonds is 3. The lowest BCUT2D eigenvalue weighted by atomic mass is 10.1. The molecule has 0 spiro atoms. The highest BCUT2D eigenvalue weighted by atomic mass is 79.9. The predicted octanol–water partition coefficient (Wildman–Crippen LogP) is 4.40. The largest absolute Gasteiger partial charge is 0.325 e. The molecule has 2 aromatic carbocycles. The summed E-state index contributed by atoms with van der Waals surface area (Å²) in [6, 6.07) is 12.9. The minimum absolute atomic E-state index is 0.0674. The van der Waals surface area contributed by atoms with Gasteiger partial charge in [0.1, 0.15) is 0 Å². The summed E-state index contributed by atoms with van der Waals surface area (Å²) in [5.41, 5.74) is 2.38. The lowest BCUT2D eigenvalue weighted by Gasteiger charge is -2.17. The zero-order chi connectivity index (χ0) is 17.3. The maximum atomic E-state index is 12.5. The number of hydrogen-bond donors (Lipinski definition) is 1. The SMILES string of the molecule is Cc1ccc(N2CC(C(=O)Nc3ccccc3Br)CC2=O)cc1Cl. The lowest BCUT2D eigenvalue weighted by molar-refractivity contribution is -0.122. The molecule has 24 heavy (non-hydrogen) atoms. The number of para-hydroxylation sites is 1. The molecule has 0 radical (unpaired) electrons. The normalized spacial score (nSPS) is 17.2. The number of anilines is 2. The average molecular weight is 408 g/mol. The Morgan fingerprint density at radius 2 is 2.04 bits per heavy atom. The monoisotopic (exact) mass is 406 g/mol. The molecule has 1 aliphatic rings. The molecule has 4 nitrogen and oxygen atoms in total. The van der Waals surface area contributed by atoms with Crippen LogP contribution in [0.5, 0.6) is 0 Å². The van der Waals surface area contributed by atoms with Gasteiger partial charge in [0.2, 0.25) is 11.8 Å². The Balaban J connectivity index is 1.73. The summed E-state index contributed by atoms with van der Waals surface area (Å²) in [7, 11) is 0. The highest BCUT2D eigenvalue weighted by Crippen LogP contribution is 2.30. The molecule has 1 saturated heterocycles. The average Bonchev–Trinajstić information content (AvgIpc) is 2.94.